The van der Waals surface area contributed by atoms with Gasteiger partial charge in [0.1, 0.15) is 11.5 Å². The first-order valence-electron chi connectivity index (χ1n) is 11.4. The summed E-state index contributed by atoms with van der Waals surface area (Å²) < 4.78 is 9.93. The van der Waals surface area contributed by atoms with E-state index in [1.165, 1.54) is 0 Å². The smallest absolute Gasteiger partial charge is 0.129 e. The zero-order valence-corrected chi connectivity index (χ0v) is 18.9. The van der Waals surface area contributed by atoms with Crippen LogP contribution >= 0.6 is 0 Å². The van der Waals surface area contributed by atoms with Crippen LogP contribution in [-0.4, -0.2) is 19.6 Å². The zero-order chi connectivity index (χ0) is 23.5. The first-order valence-corrected chi connectivity index (χ1v) is 11.4. The summed E-state index contributed by atoms with van der Waals surface area (Å²) in [4.78, 5) is 0. The van der Waals surface area contributed by atoms with Crippen LogP contribution in [0.3, 0.4) is 0 Å². The third-order valence-corrected chi connectivity index (χ3v) is 5.72. The van der Waals surface area contributed by atoms with E-state index in [0.29, 0.717) is 0 Å². The average Bonchev–Trinajstić information content (AvgIpc) is 3.61. The van der Waals surface area contributed by atoms with Gasteiger partial charge in [-0.3, -0.25) is 0 Å². The first-order chi connectivity index (χ1) is 17.3. The summed E-state index contributed by atoms with van der Waals surface area (Å²) in [6, 6.07) is 40.2. The predicted octanol–water partition coefficient (Wildman–Crippen LogP) is 7.18. The Morgan fingerprint density at radius 1 is 0.457 bits per heavy atom. The van der Waals surface area contributed by atoms with Gasteiger partial charge in [-0.1, -0.05) is 72.8 Å². The molecule has 0 aliphatic rings. The lowest BCUT2D eigenvalue weighted by Crippen LogP contribution is -1.97. The molecule has 0 N–H and O–H groups in total. The van der Waals surface area contributed by atoms with Crippen molar-refractivity contribution in [3.63, 3.8) is 0 Å². The number of benzene rings is 4. The molecule has 2 heterocycles. The number of hydrogen-bond donors (Lipinski definition) is 0. The quantitative estimate of drug-likeness (QED) is 0.268. The molecule has 4 aromatic carbocycles. The average molecular weight is 455 g/mol. The molecule has 0 radical (unpaired) electrons. The monoisotopic (exact) mass is 454 g/mol. The van der Waals surface area contributed by atoms with Crippen LogP contribution in [-0.2, 0) is 0 Å². The van der Waals surface area contributed by atoms with Crippen molar-refractivity contribution in [3.05, 3.63) is 134 Å². The van der Waals surface area contributed by atoms with Gasteiger partial charge in [-0.25, -0.2) is 9.36 Å². The molecule has 0 atom stereocenters. The topological polar surface area (TPSA) is 44.9 Å². The number of hydrogen-bond acceptors (Lipinski definition) is 3. The van der Waals surface area contributed by atoms with Crippen LogP contribution in [0.25, 0.3) is 33.9 Å². The van der Waals surface area contributed by atoms with Crippen LogP contribution in [0.5, 0.6) is 11.5 Å². The van der Waals surface area contributed by atoms with Crippen molar-refractivity contribution >= 4 is 0 Å². The van der Waals surface area contributed by atoms with Crippen LogP contribution in [0.1, 0.15) is 0 Å². The van der Waals surface area contributed by atoms with Crippen molar-refractivity contribution < 1.29 is 4.74 Å². The Bertz CT molecular complexity index is 1450. The molecule has 0 fully saturated rings. The summed E-state index contributed by atoms with van der Waals surface area (Å²) in [5.74, 6) is 1.48. The highest BCUT2D eigenvalue weighted by atomic mass is 16.5. The molecule has 168 valence electrons. The standard InChI is InChI=1S/C30H22N4O/c1-3-9-23(10-4-1)29-17-19-33(31-29)25-13-7-15-27(21-25)35-28-16-8-14-26(22-28)34-20-18-30(32-34)24-11-5-2-6-12-24/h1-22H. The minimum absolute atomic E-state index is 0.738. The molecule has 2 aromatic heterocycles. The molecule has 0 bridgehead atoms. The fourth-order valence-electron chi connectivity index (χ4n) is 3.98. The van der Waals surface area contributed by atoms with E-state index in [0.717, 1.165) is 45.4 Å². The van der Waals surface area contributed by atoms with Crippen molar-refractivity contribution in [2.24, 2.45) is 0 Å². The summed E-state index contributed by atoms with van der Waals surface area (Å²) in [7, 11) is 0. The van der Waals surface area contributed by atoms with E-state index in [2.05, 4.69) is 24.3 Å². The van der Waals surface area contributed by atoms with Crippen molar-refractivity contribution in [1.29, 1.82) is 0 Å². The number of aromatic nitrogens is 4. The van der Waals surface area contributed by atoms with Crippen LogP contribution < -0.4 is 4.74 Å². The maximum absolute atomic E-state index is 6.20. The van der Waals surface area contributed by atoms with Gasteiger partial charge in [0.25, 0.3) is 0 Å². The first kappa shape index (κ1) is 20.7. The van der Waals surface area contributed by atoms with E-state index >= 15 is 0 Å². The lowest BCUT2D eigenvalue weighted by molar-refractivity contribution is 0.481. The van der Waals surface area contributed by atoms with E-state index in [1.54, 1.807) is 0 Å². The Morgan fingerprint density at radius 2 is 0.914 bits per heavy atom. The van der Waals surface area contributed by atoms with Crippen LogP contribution in [0, 0.1) is 0 Å². The van der Waals surface area contributed by atoms with Crippen molar-refractivity contribution in [2.45, 2.75) is 0 Å². The van der Waals surface area contributed by atoms with Crippen molar-refractivity contribution in [2.75, 3.05) is 0 Å². The second-order valence-electron chi connectivity index (χ2n) is 8.12. The maximum Gasteiger partial charge on any atom is 0.129 e. The minimum atomic E-state index is 0.738. The summed E-state index contributed by atoms with van der Waals surface area (Å²) in [5.41, 5.74) is 5.90. The van der Waals surface area contributed by atoms with Crippen LogP contribution in [0.2, 0.25) is 0 Å². The van der Waals surface area contributed by atoms with Gasteiger partial charge in [-0.15, -0.1) is 0 Å². The Hall–Kier alpha value is -4.90. The summed E-state index contributed by atoms with van der Waals surface area (Å²) in [6.45, 7) is 0. The molecule has 5 heteroatoms. The molecule has 0 aliphatic carbocycles. The third-order valence-electron chi connectivity index (χ3n) is 5.72. The summed E-state index contributed by atoms with van der Waals surface area (Å²) >= 11 is 0. The Kier molecular flexibility index (Phi) is 5.41. The molecule has 35 heavy (non-hydrogen) atoms. The molecular formula is C30H22N4O. The normalized spacial score (nSPS) is 10.9. The molecular weight excluding hydrogens is 432 g/mol. The van der Waals surface area contributed by atoms with Crippen molar-refractivity contribution in [1.82, 2.24) is 19.6 Å². The highest BCUT2D eigenvalue weighted by Crippen LogP contribution is 2.27. The third kappa shape index (κ3) is 4.48. The molecule has 0 unspecified atom stereocenters. The number of nitrogens with zero attached hydrogens (tertiary/aromatic N) is 4. The molecule has 0 amide bonds. The van der Waals surface area contributed by atoms with Gasteiger partial charge in [-0.2, -0.15) is 10.2 Å². The van der Waals surface area contributed by atoms with Crippen molar-refractivity contribution in [3.8, 4) is 45.4 Å². The largest absolute Gasteiger partial charge is 0.457 e. The van der Waals surface area contributed by atoms with E-state index in [4.69, 9.17) is 14.9 Å². The van der Waals surface area contributed by atoms with Gasteiger partial charge in [0.2, 0.25) is 0 Å². The predicted molar refractivity (Wildman–Crippen MR) is 138 cm³/mol. The SMILES string of the molecule is c1ccc(-c2ccn(-c3cccc(Oc4cccc(-n5ccc(-c6ccccc6)n5)c4)c3)n2)cc1. The molecule has 0 aliphatic heterocycles. The van der Waals surface area contributed by atoms with Gasteiger partial charge < -0.3 is 4.74 Å². The van der Waals surface area contributed by atoms with Crippen LogP contribution in [0.15, 0.2) is 134 Å². The highest BCUT2D eigenvalue weighted by molar-refractivity contribution is 5.59. The fourth-order valence-corrected chi connectivity index (χ4v) is 3.98. The molecule has 6 rings (SSSR count). The van der Waals surface area contributed by atoms with E-state index in [1.807, 2.05) is 119 Å². The van der Waals surface area contributed by atoms with E-state index < -0.39 is 0 Å². The van der Waals surface area contributed by atoms with Gasteiger partial charge in [0, 0.05) is 35.7 Å². The molecule has 0 saturated heterocycles. The molecule has 5 nitrogen and oxygen atoms in total. The van der Waals surface area contributed by atoms with E-state index in [-0.39, 0.29) is 0 Å². The number of rotatable bonds is 6. The maximum atomic E-state index is 6.20. The Labute approximate surface area is 203 Å². The highest BCUT2D eigenvalue weighted by Gasteiger charge is 2.07. The van der Waals surface area contributed by atoms with Crippen LogP contribution in [0.4, 0.5) is 0 Å². The summed E-state index contributed by atoms with van der Waals surface area (Å²) in [6.07, 6.45) is 3.92. The van der Waals surface area contributed by atoms with E-state index in [9.17, 15) is 0 Å². The minimum Gasteiger partial charge on any atom is -0.457 e. The zero-order valence-electron chi connectivity index (χ0n) is 18.9. The molecule has 6 aromatic rings. The van der Waals surface area contributed by atoms with Gasteiger partial charge in [0.05, 0.1) is 22.8 Å². The molecule has 0 spiro atoms. The fraction of sp³-hybridized carbons (Fsp3) is 0. The molecule has 0 saturated carbocycles. The second-order valence-corrected chi connectivity index (χ2v) is 8.12. The lowest BCUT2D eigenvalue weighted by Gasteiger charge is -2.09. The second kappa shape index (κ2) is 9.15. The van der Waals surface area contributed by atoms with Gasteiger partial charge in [0.15, 0.2) is 0 Å². The Morgan fingerprint density at radius 3 is 1.37 bits per heavy atom. The lowest BCUT2D eigenvalue weighted by atomic mass is 10.2. The van der Waals surface area contributed by atoms with Gasteiger partial charge in [-0.05, 0) is 36.4 Å². The number of ether oxygens (including phenoxy) is 1. The Balaban J connectivity index is 1.23. The van der Waals surface area contributed by atoms with Gasteiger partial charge >= 0.3 is 0 Å². The summed E-state index contributed by atoms with van der Waals surface area (Å²) in [5, 5.41) is 9.46.